The molecular weight excluding hydrogens is 356 g/mol. The van der Waals surface area contributed by atoms with Crippen molar-refractivity contribution in [1.29, 1.82) is 0 Å². The molecule has 1 aromatic heterocycles. The van der Waals surface area contributed by atoms with Crippen molar-refractivity contribution in [2.75, 3.05) is 13.7 Å². The van der Waals surface area contributed by atoms with Crippen LogP contribution in [0.4, 0.5) is 26.3 Å². The average Bonchev–Trinajstić information content (AvgIpc) is 2.52. The highest BCUT2D eigenvalue weighted by atomic mass is 19.4. The Morgan fingerprint density at radius 2 is 1.68 bits per heavy atom. The van der Waals surface area contributed by atoms with Gasteiger partial charge in [-0.1, -0.05) is 0 Å². The number of halogens is 6. The van der Waals surface area contributed by atoms with Gasteiger partial charge in [-0.2, -0.15) is 13.2 Å². The second-order valence-electron chi connectivity index (χ2n) is 4.68. The molecule has 134 valence electrons. The van der Waals surface area contributed by atoms with E-state index in [2.05, 4.69) is 14.5 Å². The molecule has 10 heteroatoms. The minimum Gasteiger partial charge on any atom is -0.484 e. The van der Waals surface area contributed by atoms with Gasteiger partial charge < -0.3 is 9.47 Å². The van der Waals surface area contributed by atoms with E-state index >= 15 is 0 Å². The molecule has 0 aliphatic heterocycles. The maximum atomic E-state index is 14.1. The normalized spacial score (nSPS) is 11.3. The molecule has 1 aromatic carbocycles. The topological polar surface area (TPSA) is 48.4 Å². The van der Waals surface area contributed by atoms with Crippen LogP contribution >= 0.6 is 0 Å². The fourth-order valence-electron chi connectivity index (χ4n) is 1.86. The van der Waals surface area contributed by atoms with Crippen LogP contribution in [-0.4, -0.2) is 30.8 Å². The summed E-state index contributed by atoms with van der Waals surface area (Å²) in [6.07, 6.45) is -4.70. The monoisotopic (exact) mass is 365 g/mol. The number of hydrogen-bond donors (Lipinski definition) is 0. The quantitative estimate of drug-likeness (QED) is 0.609. The van der Waals surface area contributed by atoms with Gasteiger partial charge in [0.2, 0.25) is 0 Å². The second kappa shape index (κ2) is 6.99. The van der Waals surface area contributed by atoms with E-state index < -0.39 is 58.9 Å². The van der Waals surface area contributed by atoms with Gasteiger partial charge in [0.05, 0.1) is 12.7 Å². The Morgan fingerprint density at radius 3 is 2.20 bits per heavy atom. The van der Waals surface area contributed by atoms with E-state index in [-0.39, 0.29) is 0 Å². The summed E-state index contributed by atoms with van der Waals surface area (Å²) >= 11 is 0. The zero-order chi connectivity index (χ0) is 18.8. The Labute approximate surface area is 137 Å². The number of ether oxygens (including phenoxy) is 2. The minimum absolute atomic E-state index is 0.407. The molecule has 4 nitrogen and oxygen atoms in total. The lowest BCUT2D eigenvalue weighted by Crippen LogP contribution is -2.19. The first-order chi connectivity index (χ1) is 11.6. The molecule has 0 saturated heterocycles. The van der Waals surface area contributed by atoms with Crippen molar-refractivity contribution in [1.82, 2.24) is 4.98 Å². The number of pyridine rings is 1. The summed E-state index contributed by atoms with van der Waals surface area (Å²) in [7, 11) is 1.03. The van der Waals surface area contributed by atoms with E-state index in [0.29, 0.717) is 12.1 Å². The third-order valence-corrected chi connectivity index (χ3v) is 2.90. The molecule has 0 aliphatic rings. The van der Waals surface area contributed by atoms with Gasteiger partial charge in [-0.05, 0) is 12.1 Å². The van der Waals surface area contributed by atoms with Gasteiger partial charge >= 0.3 is 12.1 Å². The largest absolute Gasteiger partial charge is 0.484 e. The summed E-state index contributed by atoms with van der Waals surface area (Å²) in [5.74, 6) is -5.67. The molecule has 0 radical (unpaired) electrons. The van der Waals surface area contributed by atoms with E-state index in [1.54, 1.807) is 0 Å². The van der Waals surface area contributed by atoms with Crippen molar-refractivity contribution in [3.63, 3.8) is 0 Å². The predicted octanol–water partition coefficient (Wildman–Crippen LogP) is 3.89. The van der Waals surface area contributed by atoms with Crippen LogP contribution in [0.5, 0.6) is 5.75 Å². The molecular formula is C15H9F6NO3. The van der Waals surface area contributed by atoms with Crippen LogP contribution in [-0.2, 0) is 4.74 Å². The van der Waals surface area contributed by atoms with Crippen LogP contribution in [0, 0.1) is 17.5 Å². The highest BCUT2D eigenvalue weighted by Crippen LogP contribution is 2.31. The number of methoxy groups -OCH3 is 1. The number of hydrogen-bond acceptors (Lipinski definition) is 4. The molecule has 0 bridgehead atoms. The summed E-state index contributed by atoms with van der Waals surface area (Å²) < 4.78 is 86.9. The number of rotatable bonds is 4. The lowest BCUT2D eigenvalue weighted by Gasteiger charge is -2.12. The molecule has 0 N–H and O–H groups in total. The Balaban J connectivity index is 2.45. The zero-order valence-electron chi connectivity index (χ0n) is 12.5. The van der Waals surface area contributed by atoms with E-state index in [4.69, 9.17) is 0 Å². The van der Waals surface area contributed by atoms with Gasteiger partial charge in [0.15, 0.2) is 6.61 Å². The highest BCUT2D eigenvalue weighted by Gasteiger charge is 2.29. The molecule has 0 saturated carbocycles. The molecule has 0 fully saturated rings. The molecule has 1 heterocycles. The Hall–Kier alpha value is -2.78. The Morgan fingerprint density at radius 1 is 1.08 bits per heavy atom. The van der Waals surface area contributed by atoms with Crippen molar-refractivity contribution in [3.8, 4) is 17.0 Å². The van der Waals surface area contributed by atoms with Crippen molar-refractivity contribution in [3.05, 3.63) is 47.4 Å². The van der Waals surface area contributed by atoms with E-state index in [1.807, 2.05) is 0 Å². The molecule has 0 atom stereocenters. The highest BCUT2D eigenvalue weighted by molar-refractivity contribution is 5.87. The molecule has 2 aromatic rings. The summed E-state index contributed by atoms with van der Waals surface area (Å²) in [4.78, 5) is 14.9. The lowest BCUT2D eigenvalue weighted by atomic mass is 10.1. The first-order valence-corrected chi connectivity index (χ1v) is 6.56. The van der Waals surface area contributed by atoms with Crippen LogP contribution in [0.2, 0.25) is 0 Å². The second-order valence-corrected chi connectivity index (χ2v) is 4.68. The van der Waals surface area contributed by atoms with Crippen LogP contribution < -0.4 is 4.74 Å². The fourth-order valence-corrected chi connectivity index (χ4v) is 1.86. The molecule has 0 spiro atoms. The third-order valence-electron chi connectivity index (χ3n) is 2.90. The first-order valence-electron chi connectivity index (χ1n) is 6.56. The van der Waals surface area contributed by atoms with Crippen molar-refractivity contribution in [2.24, 2.45) is 0 Å². The minimum atomic E-state index is -4.70. The van der Waals surface area contributed by atoms with Gasteiger partial charge in [0.1, 0.15) is 34.6 Å². The van der Waals surface area contributed by atoms with Gasteiger partial charge in [0, 0.05) is 12.1 Å². The van der Waals surface area contributed by atoms with E-state index in [0.717, 1.165) is 19.2 Å². The van der Waals surface area contributed by atoms with Crippen molar-refractivity contribution in [2.45, 2.75) is 6.18 Å². The van der Waals surface area contributed by atoms with Crippen LogP contribution in [0.25, 0.3) is 11.3 Å². The summed E-state index contributed by atoms with van der Waals surface area (Å²) in [5, 5.41) is 0. The average molecular weight is 365 g/mol. The molecule has 0 unspecified atom stereocenters. The number of carbonyl (C=O) groups excluding carboxylic acids is 1. The standard InChI is InChI=1S/C15H9F6NO3/c1-24-14(23)11-3-2-8(16)13(22-11)12-9(17)4-7(5-10(12)18)25-6-15(19,20)21/h2-5H,6H2,1H3. The molecule has 0 amide bonds. The Kier molecular flexibility index (Phi) is 5.19. The van der Waals surface area contributed by atoms with Crippen molar-refractivity contribution >= 4 is 5.97 Å². The molecule has 25 heavy (non-hydrogen) atoms. The lowest BCUT2D eigenvalue weighted by molar-refractivity contribution is -0.153. The SMILES string of the molecule is COC(=O)c1ccc(F)c(-c2c(F)cc(OCC(F)(F)F)cc2F)n1. The first kappa shape index (κ1) is 18.6. The number of esters is 1. The Bertz CT molecular complexity index is 783. The fraction of sp³-hybridized carbons (Fsp3) is 0.200. The summed E-state index contributed by atoms with van der Waals surface area (Å²) in [5.41, 5.74) is -2.20. The van der Waals surface area contributed by atoms with Gasteiger partial charge in [-0.25, -0.2) is 22.9 Å². The van der Waals surface area contributed by atoms with Crippen LogP contribution in [0.15, 0.2) is 24.3 Å². The zero-order valence-corrected chi connectivity index (χ0v) is 12.5. The predicted molar refractivity (Wildman–Crippen MR) is 72.4 cm³/mol. The third kappa shape index (κ3) is 4.40. The number of benzene rings is 1. The molecule has 2 rings (SSSR count). The van der Waals surface area contributed by atoms with E-state index in [9.17, 15) is 31.1 Å². The van der Waals surface area contributed by atoms with Crippen LogP contribution in [0.3, 0.4) is 0 Å². The number of alkyl halides is 3. The number of carbonyl (C=O) groups is 1. The number of nitrogens with zero attached hydrogens (tertiary/aromatic N) is 1. The van der Waals surface area contributed by atoms with Gasteiger partial charge in [-0.15, -0.1) is 0 Å². The van der Waals surface area contributed by atoms with Gasteiger partial charge in [0.25, 0.3) is 0 Å². The van der Waals surface area contributed by atoms with Crippen molar-refractivity contribution < 1.29 is 40.6 Å². The maximum absolute atomic E-state index is 14.1. The van der Waals surface area contributed by atoms with E-state index in [1.165, 1.54) is 0 Å². The number of aromatic nitrogens is 1. The maximum Gasteiger partial charge on any atom is 0.422 e. The smallest absolute Gasteiger partial charge is 0.422 e. The summed E-state index contributed by atoms with van der Waals surface area (Å²) in [6.45, 7) is -1.75. The summed E-state index contributed by atoms with van der Waals surface area (Å²) in [6, 6.07) is 2.61. The van der Waals surface area contributed by atoms with Crippen LogP contribution in [0.1, 0.15) is 10.5 Å². The molecule has 0 aliphatic carbocycles. The van der Waals surface area contributed by atoms with Gasteiger partial charge in [-0.3, -0.25) is 0 Å².